The number of nitrogens with zero attached hydrogens (tertiary/aromatic N) is 2. The Balaban J connectivity index is 1.59. The van der Waals surface area contributed by atoms with Crippen LogP contribution in [0, 0.1) is 6.92 Å². The first-order valence-corrected chi connectivity index (χ1v) is 10.2. The Labute approximate surface area is 177 Å². The maximum absolute atomic E-state index is 13.0. The number of benzene rings is 2. The van der Waals surface area contributed by atoms with E-state index in [1.54, 1.807) is 17.2 Å². The standard InChI is InChI=1S/C23H20BrN3O2/c1-15-6-8-16(9-7-15)20(12-22(28)26-21-11-10-18(24)13-25-21)27-14-17-4-2-3-5-19(17)23(27)29/h2-11,13,20H,12,14H2,1H3,(H,25,26,28). The number of carbonyl (C=O) groups excluding carboxylic acids is 2. The number of aryl methyl sites for hydroxylation is 1. The van der Waals surface area contributed by atoms with Crippen molar-refractivity contribution in [3.63, 3.8) is 0 Å². The van der Waals surface area contributed by atoms with E-state index in [2.05, 4.69) is 26.2 Å². The lowest BCUT2D eigenvalue weighted by molar-refractivity contribution is -0.117. The van der Waals surface area contributed by atoms with E-state index < -0.39 is 0 Å². The second-order valence-corrected chi connectivity index (χ2v) is 8.05. The van der Waals surface area contributed by atoms with Crippen LogP contribution in [0.4, 0.5) is 5.82 Å². The second-order valence-electron chi connectivity index (χ2n) is 7.13. The number of pyridine rings is 1. The summed E-state index contributed by atoms with van der Waals surface area (Å²) in [5.74, 6) is 0.256. The van der Waals surface area contributed by atoms with Crippen molar-refractivity contribution in [3.05, 3.63) is 93.6 Å². The predicted molar refractivity (Wildman–Crippen MR) is 115 cm³/mol. The molecule has 0 bridgehead atoms. The van der Waals surface area contributed by atoms with Gasteiger partial charge in [0.2, 0.25) is 5.91 Å². The zero-order valence-electron chi connectivity index (χ0n) is 15.9. The molecule has 1 aliphatic heterocycles. The molecule has 0 saturated carbocycles. The average molecular weight is 450 g/mol. The van der Waals surface area contributed by atoms with Crippen molar-refractivity contribution in [3.8, 4) is 0 Å². The summed E-state index contributed by atoms with van der Waals surface area (Å²) in [5.41, 5.74) is 3.77. The van der Waals surface area contributed by atoms with Gasteiger partial charge in [-0.05, 0) is 52.2 Å². The topological polar surface area (TPSA) is 62.3 Å². The van der Waals surface area contributed by atoms with Gasteiger partial charge in [-0.3, -0.25) is 9.59 Å². The molecule has 4 rings (SSSR count). The SMILES string of the molecule is Cc1ccc(C(CC(=O)Nc2ccc(Br)cn2)N2Cc3ccccc3C2=O)cc1. The third kappa shape index (κ3) is 4.22. The molecule has 5 nitrogen and oxygen atoms in total. The van der Waals surface area contributed by atoms with E-state index in [0.717, 1.165) is 21.2 Å². The molecule has 0 spiro atoms. The smallest absolute Gasteiger partial charge is 0.255 e. The van der Waals surface area contributed by atoms with E-state index in [0.29, 0.717) is 17.9 Å². The van der Waals surface area contributed by atoms with Gasteiger partial charge in [0.25, 0.3) is 5.91 Å². The van der Waals surface area contributed by atoms with Gasteiger partial charge in [-0.2, -0.15) is 0 Å². The zero-order valence-corrected chi connectivity index (χ0v) is 17.5. The van der Waals surface area contributed by atoms with Crippen LogP contribution >= 0.6 is 15.9 Å². The molecule has 0 saturated heterocycles. The number of amides is 2. The maximum atomic E-state index is 13.0. The average Bonchev–Trinajstić information content (AvgIpc) is 3.05. The van der Waals surface area contributed by atoms with Gasteiger partial charge in [-0.1, -0.05) is 48.0 Å². The molecule has 2 amide bonds. The minimum atomic E-state index is -0.356. The van der Waals surface area contributed by atoms with Gasteiger partial charge in [-0.25, -0.2) is 4.98 Å². The molecule has 1 N–H and O–H groups in total. The largest absolute Gasteiger partial charge is 0.327 e. The molecule has 2 aromatic carbocycles. The second kappa shape index (κ2) is 8.17. The molecule has 1 aromatic heterocycles. The Morgan fingerprint density at radius 2 is 1.90 bits per heavy atom. The van der Waals surface area contributed by atoms with Gasteiger partial charge < -0.3 is 10.2 Å². The zero-order chi connectivity index (χ0) is 20.4. The van der Waals surface area contributed by atoms with Gasteiger partial charge in [0.15, 0.2) is 0 Å². The quantitative estimate of drug-likeness (QED) is 0.603. The highest BCUT2D eigenvalue weighted by molar-refractivity contribution is 9.10. The summed E-state index contributed by atoms with van der Waals surface area (Å²) in [4.78, 5) is 31.8. The summed E-state index contributed by atoms with van der Waals surface area (Å²) in [7, 11) is 0. The Morgan fingerprint density at radius 1 is 1.14 bits per heavy atom. The van der Waals surface area contributed by atoms with E-state index in [1.165, 1.54) is 0 Å². The number of halogens is 1. The van der Waals surface area contributed by atoms with Crippen LogP contribution in [0.5, 0.6) is 0 Å². The monoisotopic (exact) mass is 449 g/mol. The summed E-state index contributed by atoms with van der Waals surface area (Å²) in [6, 6.07) is 18.8. The number of carbonyl (C=O) groups is 2. The van der Waals surface area contributed by atoms with Gasteiger partial charge >= 0.3 is 0 Å². The van der Waals surface area contributed by atoms with Crippen molar-refractivity contribution in [2.75, 3.05) is 5.32 Å². The van der Waals surface area contributed by atoms with Crippen LogP contribution in [0.3, 0.4) is 0 Å². The van der Waals surface area contributed by atoms with Crippen LogP contribution in [-0.2, 0) is 11.3 Å². The molecule has 6 heteroatoms. The molecule has 1 atom stereocenters. The molecular weight excluding hydrogens is 430 g/mol. The third-order valence-corrected chi connectivity index (χ3v) is 5.53. The summed E-state index contributed by atoms with van der Waals surface area (Å²) < 4.78 is 0.841. The molecule has 0 fully saturated rings. The Morgan fingerprint density at radius 3 is 2.59 bits per heavy atom. The Bertz CT molecular complexity index is 1050. The lowest BCUT2D eigenvalue weighted by Gasteiger charge is -2.28. The molecule has 29 heavy (non-hydrogen) atoms. The van der Waals surface area contributed by atoms with Gasteiger partial charge in [0.05, 0.1) is 12.5 Å². The van der Waals surface area contributed by atoms with Gasteiger partial charge in [0.1, 0.15) is 5.82 Å². The summed E-state index contributed by atoms with van der Waals surface area (Å²) in [6.45, 7) is 2.51. The highest BCUT2D eigenvalue weighted by Crippen LogP contribution is 2.33. The van der Waals surface area contributed by atoms with Crippen molar-refractivity contribution < 1.29 is 9.59 Å². The van der Waals surface area contributed by atoms with Crippen molar-refractivity contribution in [2.24, 2.45) is 0 Å². The van der Waals surface area contributed by atoms with Gasteiger partial charge in [-0.15, -0.1) is 0 Å². The number of anilines is 1. The summed E-state index contributed by atoms with van der Waals surface area (Å²) in [5, 5.41) is 2.83. The highest BCUT2D eigenvalue weighted by Gasteiger charge is 2.34. The fraction of sp³-hybridized carbons (Fsp3) is 0.174. The lowest BCUT2D eigenvalue weighted by Crippen LogP contribution is -2.32. The number of nitrogens with one attached hydrogen (secondary N) is 1. The number of fused-ring (bicyclic) bond motifs is 1. The number of aromatic nitrogens is 1. The first-order chi connectivity index (χ1) is 14.0. The number of rotatable bonds is 5. The summed E-state index contributed by atoms with van der Waals surface area (Å²) >= 11 is 3.33. The fourth-order valence-electron chi connectivity index (χ4n) is 3.54. The van der Waals surface area contributed by atoms with Crippen LogP contribution in [0.15, 0.2) is 71.3 Å². The minimum Gasteiger partial charge on any atom is -0.327 e. The Kier molecular flexibility index (Phi) is 5.45. The number of hydrogen-bond acceptors (Lipinski definition) is 3. The number of hydrogen-bond donors (Lipinski definition) is 1. The minimum absolute atomic E-state index is 0.0410. The molecule has 0 aliphatic carbocycles. The van der Waals surface area contributed by atoms with E-state index >= 15 is 0 Å². The molecule has 1 aliphatic rings. The maximum Gasteiger partial charge on any atom is 0.255 e. The first kappa shape index (κ1) is 19.3. The van der Waals surface area contributed by atoms with E-state index in [1.807, 2.05) is 61.5 Å². The first-order valence-electron chi connectivity index (χ1n) is 9.38. The molecular formula is C23H20BrN3O2. The molecule has 0 radical (unpaired) electrons. The molecule has 2 heterocycles. The van der Waals surface area contributed by atoms with E-state index in [9.17, 15) is 9.59 Å². The Hall–Kier alpha value is -2.99. The summed E-state index contributed by atoms with van der Waals surface area (Å²) in [6.07, 6.45) is 1.79. The third-order valence-electron chi connectivity index (χ3n) is 5.06. The predicted octanol–water partition coefficient (Wildman–Crippen LogP) is 4.88. The van der Waals surface area contributed by atoms with Crippen molar-refractivity contribution >= 4 is 33.6 Å². The van der Waals surface area contributed by atoms with Crippen LogP contribution in [-0.4, -0.2) is 21.7 Å². The molecule has 1 unspecified atom stereocenters. The van der Waals surface area contributed by atoms with Crippen LogP contribution in [0.1, 0.15) is 39.5 Å². The highest BCUT2D eigenvalue weighted by atomic mass is 79.9. The lowest BCUT2D eigenvalue weighted by atomic mass is 10.00. The van der Waals surface area contributed by atoms with Crippen molar-refractivity contribution in [2.45, 2.75) is 25.9 Å². The molecule has 146 valence electrons. The van der Waals surface area contributed by atoms with E-state index in [4.69, 9.17) is 0 Å². The van der Waals surface area contributed by atoms with Crippen LogP contribution in [0.2, 0.25) is 0 Å². The van der Waals surface area contributed by atoms with Crippen LogP contribution < -0.4 is 5.32 Å². The van der Waals surface area contributed by atoms with Gasteiger partial charge in [0, 0.05) is 22.8 Å². The van der Waals surface area contributed by atoms with Crippen LogP contribution in [0.25, 0.3) is 0 Å². The fourth-order valence-corrected chi connectivity index (χ4v) is 3.78. The normalized spacial score (nSPS) is 13.9. The van der Waals surface area contributed by atoms with E-state index in [-0.39, 0.29) is 24.3 Å². The van der Waals surface area contributed by atoms with Crippen molar-refractivity contribution in [1.82, 2.24) is 9.88 Å². The van der Waals surface area contributed by atoms with Crippen molar-refractivity contribution in [1.29, 1.82) is 0 Å². The molecule has 3 aromatic rings.